The molecule has 2 atom stereocenters. The number of nitrogens with zero attached hydrogens (tertiary/aromatic N) is 2. The second-order valence-electron chi connectivity index (χ2n) is 7.64. The SMILES string of the molecule is N#Cc1cc(C2(O)CC3CCCC(C2)N3Cc2ccccc2)ccc1F. The molecular weight excluding hydrogens is 327 g/mol. The van der Waals surface area contributed by atoms with Crippen molar-refractivity contribution in [3.05, 3.63) is 71.0 Å². The third-order valence-corrected chi connectivity index (χ3v) is 5.99. The maximum atomic E-state index is 13.7. The first-order valence-electron chi connectivity index (χ1n) is 9.31. The van der Waals surface area contributed by atoms with E-state index in [9.17, 15) is 9.50 Å². The summed E-state index contributed by atoms with van der Waals surface area (Å²) in [5.74, 6) is -0.526. The van der Waals surface area contributed by atoms with Crippen LogP contribution < -0.4 is 0 Å². The van der Waals surface area contributed by atoms with Crippen molar-refractivity contribution >= 4 is 0 Å². The van der Waals surface area contributed by atoms with E-state index < -0.39 is 11.4 Å². The van der Waals surface area contributed by atoms with E-state index in [0.717, 1.165) is 19.4 Å². The Morgan fingerprint density at radius 3 is 2.46 bits per heavy atom. The molecule has 0 amide bonds. The highest BCUT2D eigenvalue weighted by atomic mass is 19.1. The molecule has 0 spiro atoms. The van der Waals surface area contributed by atoms with Crippen LogP contribution in [0.2, 0.25) is 0 Å². The van der Waals surface area contributed by atoms with Gasteiger partial charge in [0.2, 0.25) is 0 Å². The molecule has 0 saturated carbocycles. The summed E-state index contributed by atoms with van der Waals surface area (Å²) in [5, 5.41) is 20.5. The molecule has 26 heavy (non-hydrogen) atoms. The van der Waals surface area contributed by atoms with Crippen LogP contribution in [-0.2, 0) is 12.1 Å². The van der Waals surface area contributed by atoms with Gasteiger partial charge >= 0.3 is 0 Å². The summed E-state index contributed by atoms with van der Waals surface area (Å²) in [6.45, 7) is 0.902. The Balaban J connectivity index is 1.60. The van der Waals surface area contributed by atoms with Crippen LogP contribution in [0.25, 0.3) is 0 Å². The summed E-state index contributed by atoms with van der Waals surface area (Å²) in [5.41, 5.74) is 0.991. The molecule has 0 aromatic heterocycles. The molecule has 4 heteroatoms. The number of fused-ring (bicyclic) bond motifs is 2. The second kappa shape index (κ2) is 6.83. The van der Waals surface area contributed by atoms with Crippen molar-refractivity contribution in [2.75, 3.05) is 0 Å². The lowest BCUT2D eigenvalue weighted by Gasteiger charge is -2.52. The highest BCUT2D eigenvalue weighted by Crippen LogP contribution is 2.45. The van der Waals surface area contributed by atoms with E-state index in [-0.39, 0.29) is 5.56 Å². The molecule has 2 aliphatic rings. The lowest BCUT2D eigenvalue weighted by Crippen LogP contribution is -2.56. The first-order valence-corrected chi connectivity index (χ1v) is 9.31. The summed E-state index contributed by atoms with van der Waals surface area (Å²) >= 11 is 0. The number of aliphatic hydroxyl groups is 1. The van der Waals surface area contributed by atoms with Crippen molar-refractivity contribution in [2.24, 2.45) is 0 Å². The molecule has 0 aliphatic carbocycles. The number of rotatable bonds is 3. The molecule has 2 aromatic carbocycles. The van der Waals surface area contributed by atoms with Crippen LogP contribution >= 0.6 is 0 Å². The topological polar surface area (TPSA) is 47.3 Å². The maximum Gasteiger partial charge on any atom is 0.140 e. The fourth-order valence-corrected chi connectivity index (χ4v) is 4.71. The zero-order valence-corrected chi connectivity index (χ0v) is 14.7. The minimum atomic E-state index is -0.984. The van der Waals surface area contributed by atoms with Crippen molar-refractivity contribution < 1.29 is 9.50 Å². The molecule has 3 nitrogen and oxygen atoms in total. The monoisotopic (exact) mass is 350 g/mol. The van der Waals surface area contributed by atoms with Gasteiger partial charge < -0.3 is 5.11 Å². The van der Waals surface area contributed by atoms with Gasteiger partial charge in [-0.2, -0.15) is 5.26 Å². The highest BCUT2D eigenvalue weighted by Gasteiger charge is 2.46. The first kappa shape index (κ1) is 17.2. The van der Waals surface area contributed by atoms with E-state index in [4.69, 9.17) is 5.26 Å². The zero-order valence-electron chi connectivity index (χ0n) is 14.7. The fourth-order valence-electron chi connectivity index (χ4n) is 4.71. The molecule has 1 N–H and O–H groups in total. The van der Waals surface area contributed by atoms with Crippen molar-refractivity contribution in [3.8, 4) is 6.07 Å². The van der Waals surface area contributed by atoms with E-state index in [2.05, 4.69) is 29.2 Å². The van der Waals surface area contributed by atoms with Crippen LogP contribution in [0.15, 0.2) is 48.5 Å². The molecule has 134 valence electrons. The number of halogens is 1. The Kier molecular flexibility index (Phi) is 4.52. The third-order valence-electron chi connectivity index (χ3n) is 5.99. The first-order chi connectivity index (χ1) is 12.6. The standard InChI is InChI=1S/C22H23FN2O/c23-21-10-9-18(11-17(21)14-24)22(26)12-19-7-4-8-20(13-22)25(19)15-16-5-2-1-3-6-16/h1-3,5-6,9-11,19-20,26H,4,7-8,12-13,15H2. The summed E-state index contributed by atoms with van der Waals surface area (Å²) in [6.07, 6.45) is 4.58. The van der Waals surface area contributed by atoms with Gasteiger partial charge in [-0.05, 0) is 48.9 Å². The van der Waals surface area contributed by atoms with Gasteiger partial charge in [0.1, 0.15) is 11.9 Å². The van der Waals surface area contributed by atoms with Gasteiger partial charge in [-0.15, -0.1) is 0 Å². The summed E-state index contributed by atoms with van der Waals surface area (Å²) in [4.78, 5) is 2.53. The average Bonchev–Trinajstić information content (AvgIpc) is 2.64. The van der Waals surface area contributed by atoms with Gasteiger partial charge in [-0.25, -0.2) is 4.39 Å². The van der Waals surface area contributed by atoms with Gasteiger partial charge in [0.25, 0.3) is 0 Å². The van der Waals surface area contributed by atoms with Crippen LogP contribution in [0, 0.1) is 17.1 Å². The van der Waals surface area contributed by atoms with Crippen LogP contribution in [0.3, 0.4) is 0 Å². The van der Waals surface area contributed by atoms with Crippen LogP contribution in [0.4, 0.5) is 4.39 Å². The lowest BCUT2D eigenvalue weighted by molar-refractivity contribution is -0.0999. The second-order valence-corrected chi connectivity index (χ2v) is 7.64. The number of nitriles is 1. The largest absolute Gasteiger partial charge is 0.385 e. The summed E-state index contributed by atoms with van der Waals surface area (Å²) < 4.78 is 13.7. The van der Waals surface area contributed by atoms with Gasteiger partial charge in [-0.1, -0.05) is 42.8 Å². The van der Waals surface area contributed by atoms with Crippen molar-refractivity contribution in [2.45, 2.75) is 56.3 Å². The average molecular weight is 350 g/mol. The predicted octanol–water partition coefficient (Wildman–Crippen LogP) is 4.10. The van der Waals surface area contributed by atoms with E-state index >= 15 is 0 Å². The van der Waals surface area contributed by atoms with Crippen LogP contribution in [-0.4, -0.2) is 22.1 Å². The Bertz CT molecular complexity index is 816. The van der Waals surface area contributed by atoms with E-state index in [1.807, 2.05) is 12.1 Å². The molecule has 2 heterocycles. The molecule has 2 aliphatic heterocycles. The van der Waals surface area contributed by atoms with Gasteiger partial charge in [0.05, 0.1) is 11.2 Å². The lowest BCUT2D eigenvalue weighted by atomic mass is 9.72. The van der Waals surface area contributed by atoms with Crippen molar-refractivity contribution in [3.63, 3.8) is 0 Å². The minimum Gasteiger partial charge on any atom is -0.385 e. The van der Waals surface area contributed by atoms with E-state index in [1.54, 1.807) is 6.07 Å². The van der Waals surface area contributed by atoms with Gasteiger partial charge in [0, 0.05) is 18.6 Å². The van der Waals surface area contributed by atoms with E-state index in [0.29, 0.717) is 30.5 Å². The molecular formula is C22H23FN2O. The van der Waals surface area contributed by atoms with Gasteiger partial charge in [0.15, 0.2) is 0 Å². The number of hydrogen-bond acceptors (Lipinski definition) is 3. The Hall–Kier alpha value is -2.22. The normalized spacial score (nSPS) is 28.5. The van der Waals surface area contributed by atoms with Crippen molar-refractivity contribution in [1.29, 1.82) is 5.26 Å². The molecule has 2 aromatic rings. The van der Waals surface area contributed by atoms with Crippen molar-refractivity contribution in [1.82, 2.24) is 4.90 Å². The van der Waals surface area contributed by atoms with Crippen LogP contribution in [0.1, 0.15) is 48.8 Å². The molecule has 2 bridgehead atoms. The molecule has 2 unspecified atom stereocenters. The summed E-state index contributed by atoms with van der Waals surface area (Å²) in [7, 11) is 0. The molecule has 4 rings (SSSR count). The molecule has 2 saturated heterocycles. The Labute approximate surface area is 153 Å². The maximum absolute atomic E-state index is 13.7. The molecule has 0 radical (unpaired) electrons. The zero-order chi connectivity index (χ0) is 18.1. The smallest absolute Gasteiger partial charge is 0.140 e. The fraction of sp³-hybridized carbons (Fsp3) is 0.409. The Morgan fingerprint density at radius 1 is 1.12 bits per heavy atom. The minimum absolute atomic E-state index is 0.00722. The van der Waals surface area contributed by atoms with Crippen LogP contribution in [0.5, 0.6) is 0 Å². The predicted molar refractivity (Wildman–Crippen MR) is 97.7 cm³/mol. The third kappa shape index (κ3) is 3.13. The Morgan fingerprint density at radius 2 is 1.81 bits per heavy atom. The number of hydrogen-bond donors (Lipinski definition) is 1. The highest BCUT2D eigenvalue weighted by molar-refractivity contribution is 5.37. The molecule has 2 fully saturated rings. The number of piperidine rings is 2. The van der Waals surface area contributed by atoms with Gasteiger partial charge in [-0.3, -0.25) is 4.90 Å². The quantitative estimate of drug-likeness (QED) is 0.906. The summed E-state index contributed by atoms with van der Waals surface area (Å²) in [6, 6.07) is 17.4. The number of benzene rings is 2. The van der Waals surface area contributed by atoms with E-state index in [1.165, 1.54) is 24.1 Å².